The molecule has 0 saturated carbocycles. The molecule has 0 aliphatic carbocycles. The molecule has 0 radical (unpaired) electrons. The van der Waals surface area contributed by atoms with Gasteiger partial charge in [-0.05, 0) is 5.56 Å². The van der Waals surface area contributed by atoms with Gasteiger partial charge in [-0.25, -0.2) is 4.98 Å². The first-order chi connectivity index (χ1) is 7.31. The number of aromatic nitrogens is 1. The molecule has 0 bridgehead atoms. The highest BCUT2D eigenvalue weighted by atomic mass is 32.1. The monoisotopic (exact) mass is 216 g/mol. The van der Waals surface area contributed by atoms with Crippen LogP contribution in [0.25, 0.3) is 10.6 Å². The van der Waals surface area contributed by atoms with Gasteiger partial charge in [-0.3, -0.25) is 0 Å². The molecule has 1 aromatic carbocycles. The standard InChI is InChI=1S/C11H8N2OS/c12-7-10(14)8-1-3-9(4-2-8)11-13-5-6-15-11/h1-6,10,14H. The number of nitrogens with zero attached hydrogens (tertiary/aromatic N) is 2. The summed E-state index contributed by atoms with van der Waals surface area (Å²) < 4.78 is 0. The van der Waals surface area contributed by atoms with Gasteiger partial charge in [0, 0.05) is 17.1 Å². The highest BCUT2D eigenvalue weighted by Gasteiger charge is 2.06. The van der Waals surface area contributed by atoms with Gasteiger partial charge in [-0.1, -0.05) is 24.3 Å². The number of rotatable bonds is 2. The van der Waals surface area contributed by atoms with Crippen molar-refractivity contribution in [3.63, 3.8) is 0 Å². The Morgan fingerprint density at radius 2 is 2.07 bits per heavy atom. The van der Waals surface area contributed by atoms with Crippen molar-refractivity contribution in [2.45, 2.75) is 6.10 Å². The molecule has 0 aliphatic rings. The number of hydrogen-bond donors (Lipinski definition) is 1. The fourth-order valence-electron chi connectivity index (χ4n) is 1.25. The van der Waals surface area contributed by atoms with Crippen molar-refractivity contribution < 1.29 is 5.11 Å². The molecule has 0 amide bonds. The first-order valence-electron chi connectivity index (χ1n) is 4.39. The topological polar surface area (TPSA) is 56.9 Å². The number of aliphatic hydroxyl groups is 1. The van der Waals surface area contributed by atoms with Crippen molar-refractivity contribution in [3.05, 3.63) is 41.4 Å². The molecule has 0 fully saturated rings. The van der Waals surface area contributed by atoms with E-state index in [0.717, 1.165) is 10.6 Å². The highest BCUT2D eigenvalue weighted by molar-refractivity contribution is 7.13. The highest BCUT2D eigenvalue weighted by Crippen LogP contribution is 2.23. The molecule has 3 nitrogen and oxygen atoms in total. The maximum atomic E-state index is 9.28. The van der Waals surface area contributed by atoms with Gasteiger partial charge < -0.3 is 5.11 Å². The lowest BCUT2D eigenvalue weighted by atomic mass is 10.1. The average molecular weight is 216 g/mol. The largest absolute Gasteiger partial charge is 0.374 e. The van der Waals surface area contributed by atoms with Crippen LogP contribution in [0.3, 0.4) is 0 Å². The van der Waals surface area contributed by atoms with E-state index in [0.29, 0.717) is 5.56 Å². The molecule has 2 aromatic rings. The zero-order valence-electron chi connectivity index (χ0n) is 7.79. The van der Waals surface area contributed by atoms with Crippen molar-refractivity contribution >= 4 is 11.3 Å². The Kier molecular flexibility index (Phi) is 2.77. The second-order valence-corrected chi connectivity index (χ2v) is 3.89. The average Bonchev–Trinajstić information content (AvgIpc) is 2.82. The second-order valence-electron chi connectivity index (χ2n) is 2.99. The summed E-state index contributed by atoms with van der Waals surface area (Å²) in [5.41, 5.74) is 1.61. The van der Waals surface area contributed by atoms with E-state index in [-0.39, 0.29) is 0 Å². The van der Waals surface area contributed by atoms with Gasteiger partial charge in [0.15, 0.2) is 6.10 Å². The molecular weight excluding hydrogens is 208 g/mol. The van der Waals surface area contributed by atoms with Gasteiger partial charge in [0.05, 0.1) is 6.07 Å². The quantitative estimate of drug-likeness (QED) is 0.784. The molecule has 1 unspecified atom stereocenters. The summed E-state index contributed by atoms with van der Waals surface area (Å²) >= 11 is 1.56. The van der Waals surface area contributed by atoms with Crippen molar-refractivity contribution in [3.8, 4) is 16.6 Å². The van der Waals surface area contributed by atoms with Crippen LogP contribution in [0.1, 0.15) is 11.7 Å². The van der Waals surface area contributed by atoms with Crippen LogP contribution in [0.15, 0.2) is 35.8 Å². The molecule has 0 spiro atoms. The molecule has 0 saturated heterocycles. The number of hydrogen-bond acceptors (Lipinski definition) is 4. The molecule has 1 atom stereocenters. The Hall–Kier alpha value is -1.70. The zero-order valence-corrected chi connectivity index (χ0v) is 8.61. The van der Waals surface area contributed by atoms with Crippen LogP contribution in [0, 0.1) is 11.3 Å². The van der Waals surface area contributed by atoms with Gasteiger partial charge in [0.25, 0.3) is 0 Å². The van der Waals surface area contributed by atoms with Crippen molar-refractivity contribution in [2.75, 3.05) is 0 Å². The second kappa shape index (κ2) is 4.22. The lowest BCUT2D eigenvalue weighted by Crippen LogP contribution is -1.92. The fraction of sp³-hybridized carbons (Fsp3) is 0.0909. The molecular formula is C11H8N2OS. The molecule has 74 valence electrons. The van der Waals surface area contributed by atoms with E-state index in [1.54, 1.807) is 35.7 Å². The molecule has 0 aliphatic heterocycles. The number of benzene rings is 1. The van der Waals surface area contributed by atoms with Gasteiger partial charge in [-0.2, -0.15) is 5.26 Å². The number of aliphatic hydroxyl groups excluding tert-OH is 1. The van der Waals surface area contributed by atoms with Crippen LogP contribution in [-0.4, -0.2) is 10.1 Å². The summed E-state index contributed by atoms with van der Waals surface area (Å²) in [5, 5.41) is 20.7. The zero-order chi connectivity index (χ0) is 10.7. The Bertz CT molecular complexity index is 470. The minimum atomic E-state index is -1.05. The summed E-state index contributed by atoms with van der Waals surface area (Å²) in [5.74, 6) is 0. The van der Waals surface area contributed by atoms with E-state index in [4.69, 9.17) is 5.26 Å². The van der Waals surface area contributed by atoms with Gasteiger partial charge in [0.1, 0.15) is 5.01 Å². The van der Waals surface area contributed by atoms with Crippen LogP contribution in [0.2, 0.25) is 0 Å². The van der Waals surface area contributed by atoms with E-state index in [1.807, 2.05) is 17.5 Å². The minimum Gasteiger partial charge on any atom is -0.374 e. The van der Waals surface area contributed by atoms with Crippen molar-refractivity contribution in [1.29, 1.82) is 5.26 Å². The van der Waals surface area contributed by atoms with Crippen LogP contribution >= 0.6 is 11.3 Å². The van der Waals surface area contributed by atoms with Gasteiger partial charge >= 0.3 is 0 Å². The third-order valence-corrected chi connectivity index (χ3v) is 2.85. The lowest BCUT2D eigenvalue weighted by Gasteiger charge is -2.02. The normalized spacial score (nSPS) is 12.0. The van der Waals surface area contributed by atoms with Crippen LogP contribution < -0.4 is 0 Å². The summed E-state index contributed by atoms with van der Waals surface area (Å²) in [7, 11) is 0. The van der Waals surface area contributed by atoms with Gasteiger partial charge in [0.2, 0.25) is 0 Å². The van der Waals surface area contributed by atoms with Crippen LogP contribution in [0.4, 0.5) is 0 Å². The molecule has 1 heterocycles. The number of thiazole rings is 1. The molecule has 4 heteroatoms. The predicted octanol–water partition coefficient (Wildman–Crippen LogP) is 2.37. The first kappa shape index (κ1) is 9.84. The number of nitriles is 1. The predicted molar refractivity (Wildman–Crippen MR) is 58.1 cm³/mol. The van der Waals surface area contributed by atoms with E-state index in [9.17, 15) is 5.11 Å². The Balaban J connectivity index is 2.30. The fourth-order valence-corrected chi connectivity index (χ4v) is 1.89. The summed E-state index contributed by atoms with van der Waals surface area (Å²) in [6.07, 6.45) is 0.702. The Labute approximate surface area is 91.3 Å². The van der Waals surface area contributed by atoms with E-state index in [1.165, 1.54) is 0 Å². The smallest absolute Gasteiger partial charge is 0.165 e. The van der Waals surface area contributed by atoms with Crippen LogP contribution in [-0.2, 0) is 0 Å². The Morgan fingerprint density at radius 1 is 1.33 bits per heavy atom. The van der Waals surface area contributed by atoms with Crippen LogP contribution in [0.5, 0.6) is 0 Å². The third-order valence-electron chi connectivity index (χ3n) is 2.03. The molecule has 1 N–H and O–H groups in total. The van der Waals surface area contributed by atoms with Gasteiger partial charge in [-0.15, -0.1) is 11.3 Å². The Morgan fingerprint density at radius 3 is 2.60 bits per heavy atom. The minimum absolute atomic E-state index is 0.609. The summed E-state index contributed by atoms with van der Waals surface area (Å²) in [6, 6.07) is 8.97. The molecule has 15 heavy (non-hydrogen) atoms. The summed E-state index contributed by atoms with van der Waals surface area (Å²) in [4.78, 5) is 4.17. The van der Waals surface area contributed by atoms with E-state index >= 15 is 0 Å². The molecule has 2 rings (SSSR count). The lowest BCUT2D eigenvalue weighted by molar-refractivity contribution is 0.236. The maximum absolute atomic E-state index is 9.28. The first-order valence-corrected chi connectivity index (χ1v) is 5.27. The van der Waals surface area contributed by atoms with E-state index in [2.05, 4.69) is 4.98 Å². The van der Waals surface area contributed by atoms with E-state index < -0.39 is 6.10 Å². The third kappa shape index (κ3) is 2.04. The van der Waals surface area contributed by atoms with Crippen molar-refractivity contribution in [1.82, 2.24) is 4.98 Å². The molecule has 1 aromatic heterocycles. The maximum Gasteiger partial charge on any atom is 0.165 e. The SMILES string of the molecule is N#CC(O)c1ccc(-c2nccs2)cc1. The van der Waals surface area contributed by atoms with Crippen molar-refractivity contribution in [2.24, 2.45) is 0 Å². The summed E-state index contributed by atoms with van der Waals surface area (Å²) in [6.45, 7) is 0.